The molecule has 1 aromatic heterocycles. The van der Waals surface area contributed by atoms with Crippen LogP contribution in [-0.2, 0) is 9.59 Å². The quantitative estimate of drug-likeness (QED) is 0.540. The fourth-order valence-corrected chi connectivity index (χ4v) is 4.29. The van der Waals surface area contributed by atoms with E-state index in [1.807, 2.05) is 19.9 Å². The van der Waals surface area contributed by atoms with E-state index in [9.17, 15) is 14.4 Å². The molecule has 0 saturated carbocycles. The molecule has 7 nitrogen and oxygen atoms in total. The predicted molar refractivity (Wildman–Crippen MR) is 113 cm³/mol. The van der Waals surface area contributed by atoms with Crippen molar-refractivity contribution in [3.63, 3.8) is 0 Å². The van der Waals surface area contributed by atoms with E-state index in [2.05, 4.69) is 15.6 Å². The van der Waals surface area contributed by atoms with Crippen LogP contribution in [0.2, 0.25) is 0 Å². The highest BCUT2D eigenvalue weighted by Crippen LogP contribution is 2.32. The van der Waals surface area contributed by atoms with Gasteiger partial charge in [-0.2, -0.15) is 0 Å². The Morgan fingerprint density at radius 2 is 1.93 bits per heavy atom. The molecule has 0 aliphatic heterocycles. The Balaban J connectivity index is 2.10. The summed E-state index contributed by atoms with van der Waals surface area (Å²) in [5, 5.41) is 6.04. The number of amides is 3. The molecule has 2 unspecified atom stereocenters. The molecule has 28 heavy (non-hydrogen) atoms. The van der Waals surface area contributed by atoms with Crippen molar-refractivity contribution in [2.45, 2.75) is 37.4 Å². The lowest BCUT2D eigenvalue weighted by Crippen LogP contribution is -2.47. The average Bonchev–Trinajstić information content (AvgIpc) is 3.03. The van der Waals surface area contributed by atoms with Crippen molar-refractivity contribution in [2.24, 2.45) is 11.7 Å². The van der Waals surface area contributed by atoms with Crippen LogP contribution >= 0.6 is 23.1 Å². The number of benzene rings is 1. The summed E-state index contributed by atoms with van der Waals surface area (Å²) >= 11 is 2.57. The van der Waals surface area contributed by atoms with Gasteiger partial charge in [-0.05, 0) is 25.0 Å². The van der Waals surface area contributed by atoms with E-state index >= 15 is 0 Å². The molecule has 2 rings (SSSR count). The van der Waals surface area contributed by atoms with Crippen LogP contribution in [0.1, 0.15) is 36.3 Å². The van der Waals surface area contributed by atoms with E-state index < -0.39 is 11.9 Å². The summed E-state index contributed by atoms with van der Waals surface area (Å²) in [7, 11) is 0. The summed E-state index contributed by atoms with van der Waals surface area (Å²) in [6, 6.07) is 8.09. The molecule has 0 spiro atoms. The van der Waals surface area contributed by atoms with E-state index in [0.717, 1.165) is 16.3 Å². The highest BCUT2D eigenvalue weighted by molar-refractivity contribution is 8.01. The lowest BCUT2D eigenvalue weighted by molar-refractivity contribution is -0.119. The number of anilines is 1. The van der Waals surface area contributed by atoms with Crippen molar-refractivity contribution < 1.29 is 14.4 Å². The molecule has 4 N–H and O–H groups in total. The van der Waals surface area contributed by atoms with Gasteiger partial charge in [0.15, 0.2) is 5.13 Å². The Morgan fingerprint density at radius 3 is 2.54 bits per heavy atom. The number of hydrogen-bond acceptors (Lipinski definition) is 6. The van der Waals surface area contributed by atoms with Crippen LogP contribution in [0, 0.1) is 12.8 Å². The zero-order chi connectivity index (χ0) is 20.7. The minimum absolute atomic E-state index is 0.0579. The first-order valence-electron chi connectivity index (χ1n) is 8.87. The molecule has 1 aromatic carbocycles. The number of nitrogens with two attached hydrogens (primary N) is 1. The number of rotatable bonds is 9. The van der Waals surface area contributed by atoms with Crippen molar-refractivity contribution in [3.05, 3.63) is 41.6 Å². The molecule has 0 aliphatic carbocycles. The van der Waals surface area contributed by atoms with Gasteiger partial charge in [0.2, 0.25) is 11.8 Å². The molecule has 0 bridgehead atoms. The zero-order valence-electron chi connectivity index (χ0n) is 16.0. The summed E-state index contributed by atoms with van der Waals surface area (Å²) in [6.45, 7) is 5.68. The third-order valence-corrected chi connectivity index (χ3v) is 6.61. The standard InChI is InChI=1S/C19H24N4O3S2/c1-4-11(2)15(22-16(25)13-8-6-5-7-9-13)17(26)23-19-21-12(3)18(28-19)27-10-14(20)24/h5-9,11,15H,4,10H2,1-3H3,(H2,20,24)(H,22,25)(H,21,23,26). The van der Waals surface area contributed by atoms with Crippen LogP contribution in [0.25, 0.3) is 0 Å². The summed E-state index contributed by atoms with van der Waals surface area (Å²) in [5.41, 5.74) is 6.40. The van der Waals surface area contributed by atoms with Crippen molar-refractivity contribution in [3.8, 4) is 0 Å². The molecule has 2 aromatic rings. The van der Waals surface area contributed by atoms with E-state index in [-0.39, 0.29) is 23.5 Å². The van der Waals surface area contributed by atoms with E-state index in [1.165, 1.54) is 23.1 Å². The zero-order valence-corrected chi connectivity index (χ0v) is 17.7. The van der Waals surface area contributed by atoms with Crippen LogP contribution in [0.15, 0.2) is 34.5 Å². The highest BCUT2D eigenvalue weighted by Gasteiger charge is 2.27. The molecule has 150 valence electrons. The fourth-order valence-electron chi connectivity index (χ4n) is 2.41. The van der Waals surface area contributed by atoms with Crippen LogP contribution in [0.4, 0.5) is 5.13 Å². The SMILES string of the molecule is CCC(C)C(NC(=O)c1ccccc1)C(=O)Nc1nc(C)c(SCC(N)=O)s1. The monoisotopic (exact) mass is 420 g/mol. The maximum Gasteiger partial charge on any atom is 0.251 e. The van der Waals surface area contributed by atoms with Gasteiger partial charge in [0, 0.05) is 5.56 Å². The van der Waals surface area contributed by atoms with E-state index in [0.29, 0.717) is 10.7 Å². The number of thioether (sulfide) groups is 1. The van der Waals surface area contributed by atoms with E-state index in [4.69, 9.17) is 5.73 Å². The largest absolute Gasteiger partial charge is 0.369 e. The number of thiazole rings is 1. The lowest BCUT2D eigenvalue weighted by Gasteiger charge is -2.23. The van der Waals surface area contributed by atoms with Crippen LogP contribution in [0.5, 0.6) is 0 Å². The molecular formula is C19H24N4O3S2. The first-order valence-corrected chi connectivity index (χ1v) is 10.7. The number of nitrogens with one attached hydrogen (secondary N) is 2. The van der Waals surface area contributed by atoms with Gasteiger partial charge in [-0.1, -0.05) is 49.8 Å². The molecule has 1 heterocycles. The Labute approximate surface area is 172 Å². The third kappa shape index (κ3) is 6.07. The maximum atomic E-state index is 12.8. The van der Waals surface area contributed by atoms with Crippen molar-refractivity contribution >= 4 is 46.0 Å². The van der Waals surface area contributed by atoms with Crippen molar-refractivity contribution in [2.75, 3.05) is 11.1 Å². The minimum Gasteiger partial charge on any atom is -0.369 e. The van der Waals surface area contributed by atoms with Gasteiger partial charge >= 0.3 is 0 Å². The number of hydrogen-bond donors (Lipinski definition) is 3. The van der Waals surface area contributed by atoms with E-state index in [1.54, 1.807) is 31.2 Å². The second-order valence-electron chi connectivity index (χ2n) is 6.34. The average molecular weight is 421 g/mol. The second-order valence-corrected chi connectivity index (χ2v) is 8.58. The first kappa shape index (κ1) is 21.9. The second kappa shape index (κ2) is 10.2. The third-order valence-electron chi connectivity index (χ3n) is 4.15. The normalized spacial score (nSPS) is 12.8. The summed E-state index contributed by atoms with van der Waals surface area (Å²) in [4.78, 5) is 40.6. The molecule has 3 amide bonds. The smallest absolute Gasteiger partial charge is 0.251 e. The Hall–Kier alpha value is -2.39. The first-order chi connectivity index (χ1) is 13.3. The van der Waals surface area contributed by atoms with Gasteiger partial charge in [-0.3, -0.25) is 14.4 Å². The fraction of sp³-hybridized carbons (Fsp3) is 0.368. The lowest BCUT2D eigenvalue weighted by atomic mass is 9.98. The number of nitrogens with zero attached hydrogens (tertiary/aromatic N) is 1. The Bertz CT molecular complexity index is 839. The molecule has 0 fully saturated rings. The van der Waals surface area contributed by atoms with Gasteiger partial charge in [0.25, 0.3) is 5.91 Å². The summed E-state index contributed by atoms with van der Waals surface area (Å²) < 4.78 is 0.822. The predicted octanol–water partition coefficient (Wildman–Crippen LogP) is 2.81. The topological polar surface area (TPSA) is 114 Å². The molecule has 0 saturated heterocycles. The van der Waals surface area contributed by atoms with Gasteiger partial charge in [0.1, 0.15) is 6.04 Å². The highest BCUT2D eigenvalue weighted by atomic mass is 32.2. The van der Waals surface area contributed by atoms with Crippen molar-refractivity contribution in [1.82, 2.24) is 10.3 Å². The number of aryl methyl sites for hydroxylation is 1. The molecular weight excluding hydrogens is 396 g/mol. The maximum absolute atomic E-state index is 12.8. The number of aromatic nitrogens is 1. The Morgan fingerprint density at radius 1 is 1.25 bits per heavy atom. The van der Waals surface area contributed by atoms with Crippen LogP contribution < -0.4 is 16.4 Å². The molecule has 2 atom stereocenters. The number of carbonyl (C=O) groups excluding carboxylic acids is 3. The van der Waals surface area contributed by atoms with Crippen LogP contribution in [-0.4, -0.2) is 34.5 Å². The van der Waals surface area contributed by atoms with Crippen LogP contribution in [0.3, 0.4) is 0 Å². The van der Waals surface area contributed by atoms with Gasteiger partial charge in [-0.25, -0.2) is 4.98 Å². The van der Waals surface area contributed by atoms with Crippen molar-refractivity contribution in [1.29, 1.82) is 0 Å². The molecule has 0 radical (unpaired) electrons. The molecule has 0 aliphatic rings. The van der Waals surface area contributed by atoms with Gasteiger partial charge < -0.3 is 16.4 Å². The molecule has 9 heteroatoms. The van der Waals surface area contributed by atoms with Gasteiger partial charge in [0.05, 0.1) is 15.7 Å². The summed E-state index contributed by atoms with van der Waals surface area (Å²) in [6.07, 6.45) is 0.726. The summed E-state index contributed by atoms with van der Waals surface area (Å²) in [5.74, 6) is -0.937. The Kier molecular flexibility index (Phi) is 8.01. The number of carbonyl (C=O) groups is 3. The minimum atomic E-state index is -0.691. The van der Waals surface area contributed by atoms with Gasteiger partial charge in [-0.15, -0.1) is 11.8 Å². The number of primary amides is 1.